The zero-order valence-electron chi connectivity index (χ0n) is 16.1. The van der Waals surface area contributed by atoms with Crippen molar-refractivity contribution >= 4 is 0 Å². The second-order valence-electron chi connectivity index (χ2n) is 7.03. The molecule has 0 spiro atoms. The summed E-state index contributed by atoms with van der Waals surface area (Å²) < 4.78 is 0. The molecule has 1 aliphatic rings. The van der Waals surface area contributed by atoms with Crippen molar-refractivity contribution in [2.24, 2.45) is 5.92 Å². The van der Waals surface area contributed by atoms with E-state index in [2.05, 4.69) is 55.1 Å². The van der Waals surface area contributed by atoms with Gasteiger partial charge in [0.05, 0.1) is 0 Å². The standard InChI is InChI=1S/C19H32N2.C2H6/c1-17-8-7-11-19(14-17)16-21(13-12-20(2)3)15-18-9-5-4-6-10-18;1-2/h7-8,11,14,18H,4-6,9-10,12-13,15-16H2,1-3H3;1-2H3. The Morgan fingerprint density at radius 1 is 1.00 bits per heavy atom. The molecule has 1 aromatic carbocycles. The van der Waals surface area contributed by atoms with Crippen LogP contribution in [0.2, 0.25) is 0 Å². The summed E-state index contributed by atoms with van der Waals surface area (Å²) in [5.41, 5.74) is 2.84. The second kappa shape index (κ2) is 11.6. The van der Waals surface area contributed by atoms with E-state index in [1.165, 1.54) is 56.3 Å². The first kappa shape index (κ1) is 20.2. The predicted octanol–water partition coefficient (Wildman–Crippen LogP) is 4.97. The molecule has 0 aromatic heterocycles. The molecule has 1 aromatic rings. The molecular formula is C21H38N2. The predicted molar refractivity (Wildman–Crippen MR) is 103 cm³/mol. The molecule has 0 unspecified atom stereocenters. The molecule has 2 heteroatoms. The van der Waals surface area contributed by atoms with Crippen molar-refractivity contribution in [2.45, 2.75) is 59.4 Å². The lowest BCUT2D eigenvalue weighted by molar-refractivity contribution is 0.179. The Hall–Kier alpha value is -0.860. The monoisotopic (exact) mass is 318 g/mol. The van der Waals surface area contributed by atoms with Crippen LogP contribution in [-0.4, -0.2) is 43.5 Å². The highest BCUT2D eigenvalue weighted by molar-refractivity contribution is 5.22. The molecule has 0 amide bonds. The maximum atomic E-state index is 2.67. The summed E-state index contributed by atoms with van der Waals surface area (Å²) >= 11 is 0. The molecule has 23 heavy (non-hydrogen) atoms. The molecule has 0 heterocycles. The van der Waals surface area contributed by atoms with E-state index in [1.807, 2.05) is 13.8 Å². The van der Waals surface area contributed by atoms with Gasteiger partial charge >= 0.3 is 0 Å². The molecule has 2 rings (SSSR count). The van der Waals surface area contributed by atoms with Crippen LogP contribution in [0.4, 0.5) is 0 Å². The van der Waals surface area contributed by atoms with Crippen LogP contribution in [0.3, 0.4) is 0 Å². The summed E-state index contributed by atoms with van der Waals surface area (Å²) in [4.78, 5) is 4.97. The number of nitrogens with zero attached hydrogens (tertiary/aromatic N) is 2. The van der Waals surface area contributed by atoms with Crippen LogP contribution in [0.15, 0.2) is 24.3 Å². The van der Waals surface area contributed by atoms with Crippen molar-refractivity contribution in [3.8, 4) is 0 Å². The average molecular weight is 319 g/mol. The minimum atomic E-state index is 0.922. The molecule has 0 aliphatic heterocycles. The van der Waals surface area contributed by atoms with Crippen LogP contribution in [0, 0.1) is 12.8 Å². The first-order valence-electron chi connectivity index (χ1n) is 9.56. The van der Waals surface area contributed by atoms with Crippen LogP contribution in [0.1, 0.15) is 57.1 Å². The van der Waals surface area contributed by atoms with Crippen LogP contribution in [0.5, 0.6) is 0 Å². The third-order valence-corrected chi connectivity index (χ3v) is 4.59. The third kappa shape index (κ3) is 8.53. The average Bonchev–Trinajstić information content (AvgIpc) is 2.55. The van der Waals surface area contributed by atoms with Gasteiger partial charge < -0.3 is 4.90 Å². The maximum Gasteiger partial charge on any atom is 0.0234 e. The smallest absolute Gasteiger partial charge is 0.0234 e. The topological polar surface area (TPSA) is 6.48 Å². The van der Waals surface area contributed by atoms with Gasteiger partial charge in [-0.15, -0.1) is 0 Å². The quantitative estimate of drug-likeness (QED) is 0.700. The van der Waals surface area contributed by atoms with E-state index in [4.69, 9.17) is 0 Å². The highest BCUT2D eigenvalue weighted by Crippen LogP contribution is 2.25. The Labute approximate surface area is 144 Å². The van der Waals surface area contributed by atoms with Gasteiger partial charge in [-0.25, -0.2) is 0 Å². The number of hydrogen-bond donors (Lipinski definition) is 0. The van der Waals surface area contributed by atoms with E-state index < -0.39 is 0 Å². The largest absolute Gasteiger partial charge is 0.308 e. The number of benzene rings is 1. The molecule has 0 radical (unpaired) electrons. The summed E-state index contributed by atoms with van der Waals surface area (Å²) in [5, 5.41) is 0. The van der Waals surface area contributed by atoms with Crippen LogP contribution in [-0.2, 0) is 6.54 Å². The van der Waals surface area contributed by atoms with E-state index in [-0.39, 0.29) is 0 Å². The highest BCUT2D eigenvalue weighted by atomic mass is 15.2. The SMILES string of the molecule is CC.Cc1cccc(CN(CCN(C)C)CC2CCCCC2)c1. The van der Waals surface area contributed by atoms with Gasteiger partial charge in [0.15, 0.2) is 0 Å². The van der Waals surface area contributed by atoms with E-state index in [1.54, 1.807) is 0 Å². The zero-order chi connectivity index (χ0) is 17.1. The second-order valence-corrected chi connectivity index (χ2v) is 7.03. The van der Waals surface area contributed by atoms with Gasteiger partial charge in [-0.05, 0) is 45.3 Å². The van der Waals surface area contributed by atoms with Crippen LogP contribution in [0.25, 0.3) is 0 Å². The molecule has 0 bridgehead atoms. The minimum Gasteiger partial charge on any atom is -0.308 e. The molecule has 1 aliphatic carbocycles. The normalized spacial score (nSPS) is 15.6. The Kier molecular flexibility index (Phi) is 10.2. The molecule has 2 nitrogen and oxygen atoms in total. The summed E-state index contributed by atoms with van der Waals surface area (Å²) in [6.07, 6.45) is 7.21. The van der Waals surface area contributed by atoms with Crippen molar-refractivity contribution in [3.63, 3.8) is 0 Å². The Morgan fingerprint density at radius 3 is 2.30 bits per heavy atom. The van der Waals surface area contributed by atoms with E-state index in [0.29, 0.717) is 0 Å². The maximum absolute atomic E-state index is 2.67. The van der Waals surface area contributed by atoms with E-state index in [0.717, 1.165) is 19.0 Å². The van der Waals surface area contributed by atoms with Gasteiger partial charge in [-0.1, -0.05) is 62.9 Å². The lowest BCUT2D eigenvalue weighted by atomic mass is 9.89. The van der Waals surface area contributed by atoms with Gasteiger partial charge in [-0.3, -0.25) is 4.90 Å². The highest BCUT2D eigenvalue weighted by Gasteiger charge is 2.17. The lowest BCUT2D eigenvalue weighted by Gasteiger charge is -2.30. The van der Waals surface area contributed by atoms with Gasteiger partial charge in [-0.2, -0.15) is 0 Å². The van der Waals surface area contributed by atoms with Crippen LogP contribution >= 0.6 is 0 Å². The summed E-state index contributed by atoms with van der Waals surface area (Å²) in [6, 6.07) is 8.99. The van der Waals surface area contributed by atoms with Crippen molar-refractivity contribution in [2.75, 3.05) is 33.7 Å². The van der Waals surface area contributed by atoms with Crippen LogP contribution < -0.4 is 0 Å². The Balaban J connectivity index is 0.00000127. The van der Waals surface area contributed by atoms with Gasteiger partial charge in [0.1, 0.15) is 0 Å². The summed E-state index contributed by atoms with van der Waals surface area (Å²) in [6.45, 7) is 10.9. The zero-order valence-corrected chi connectivity index (χ0v) is 16.1. The number of hydrogen-bond acceptors (Lipinski definition) is 2. The van der Waals surface area contributed by atoms with E-state index in [9.17, 15) is 0 Å². The molecular weight excluding hydrogens is 280 g/mol. The molecule has 0 saturated heterocycles. The fraction of sp³-hybridized carbons (Fsp3) is 0.714. The Bertz CT molecular complexity index is 408. The fourth-order valence-electron chi connectivity index (χ4n) is 3.38. The number of likely N-dealkylation sites (N-methyl/N-ethyl adjacent to an activating group) is 1. The fourth-order valence-corrected chi connectivity index (χ4v) is 3.38. The van der Waals surface area contributed by atoms with E-state index >= 15 is 0 Å². The number of rotatable bonds is 7. The molecule has 1 saturated carbocycles. The molecule has 132 valence electrons. The molecule has 0 N–H and O–H groups in total. The van der Waals surface area contributed by atoms with Crippen molar-refractivity contribution < 1.29 is 0 Å². The van der Waals surface area contributed by atoms with Gasteiger partial charge in [0, 0.05) is 26.2 Å². The summed E-state index contributed by atoms with van der Waals surface area (Å²) in [5.74, 6) is 0.922. The lowest BCUT2D eigenvalue weighted by Crippen LogP contribution is -2.35. The van der Waals surface area contributed by atoms with Crippen molar-refractivity contribution in [1.29, 1.82) is 0 Å². The molecule has 1 fully saturated rings. The van der Waals surface area contributed by atoms with Gasteiger partial charge in [0.2, 0.25) is 0 Å². The minimum absolute atomic E-state index is 0.922. The van der Waals surface area contributed by atoms with Crippen molar-refractivity contribution in [3.05, 3.63) is 35.4 Å². The van der Waals surface area contributed by atoms with Gasteiger partial charge in [0.25, 0.3) is 0 Å². The molecule has 0 atom stereocenters. The summed E-state index contributed by atoms with van der Waals surface area (Å²) in [7, 11) is 4.34. The number of aryl methyl sites for hydroxylation is 1. The first-order valence-corrected chi connectivity index (χ1v) is 9.56. The first-order chi connectivity index (χ1) is 11.1. The third-order valence-electron chi connectivity index (χ3n) is 4.59. The Morgan fingerprint density at radius 2 is 1.70 bits per heavy atom. The van der Waals surface area contributed by atoms with Crippen molar-refractivity contribution in [1.82, 2.24) is 9.80 Å².